The number of carbonyl (C=O) groups is 1. The number of aromatic nitrogens is 2. The molecular weight excluding hydrogens is 312 g/mol. The van der Waals surface area contributed by atoms with Gasteiger partial charge < -0.3 is 5.11 Å². The first-order valence-corrected chi connectivity index (χ1v) is 8.15. The zero-order valence-corrected chi connectivity index (χ0v) is 13.5. The van der Waals surface area contributed by atoms with E-state index in [1.54, 1.807) is 0 Å². The van der Waals surface area contributed by atoms with Gasteiger partial charge in [0.25, 0.3) is 5.56 Å². The lowest BCUT2D eigenvalue weighted by Crippen LogP contribution is -2.20. The van der Waals surface area contributed by atoms with Gasteiger partial charge >= 0.3 is 5.97 Å². The summed E-state index contributed by atoms with van der Waals surface area (Å²) in [6, 6.07) is 9.79. The molecule has 2 aromatic heterocycles. The van der Waals surface area contributed by atoms with Gasteiger partial charge in [0.1, 0.15) is 4.83 Å². The number of aliphatic carboxylic acids is 1. The minimum Gasteiger partial charge on any atom is -0.481 e. The number of benzene rings is 1. The van der Waals surface area contributed by atoms with Crippen molar-refractivity contribution in [2.75, 3.05) is 0 Å². The Morgan fingerprint density at radius 3 is 2.74 bits per heavy atom. The molecule has 0 aliphatic rings. The van der Waals surface area contributed by atoms with Crippen molar-refractivity contribution in [2.24, 2.45) is 0 Å². The van der Waals surface area contributed by atoms with Crippen LogP contribution < -0.4 is 5.56 Å². The van der Waals surface area contributed by atoms with E-state index in [-0.39, 0.29) is 12.0 Å². The van der Waals surface area contributed by atoms with Gasteiger partial charge in [-0.25, -0.2) is 4.98 Å². The highest BCUT2D eigenvalue weighted by Gasteiger charge is 2.16. The molecule has 0 bridgehead atoms. The first-order valence-electron chi connectivity index (χ1n) is 7.33. The van der Waals surface area contributed by atoms with Crippen molar-refractivity contribution < 1.29 is 9.90 Å². The van der Waals surface area contributed by atoms with Crippen LogP contribution >= 0.6 is 11.3 Å². The van der Waals surface area contributed by atoms with Crippen LogP contribution in [-0.4, -0.2) is 20.6 Å². The van der Waals surface area contributed by atoms with Gasteiger partial charge in [0, 0.05) is 23.4 Å². The van der Waals surface area contributed by atoms with Gasteiger partial charge in [0.05, 0.1) is 11.7 Å². The van der Waals surface area contributed by atoms with Gasteiger partial charge in [-0.3, -0.25) is 14.2 Å². The molecule has 0 atom stereocenters. The maximum atomic E-state index is 12.8. The molecule has 3 rings (SSSR count). The molecule has 1 N–H and O–H groups in total. The Hall–Kier alpha value is -2.47. The largest absolute Gasteiger partial charge is 0.481 e. The van der Waals surface area contributed by atoms with E-state index >= 15 is 0 Å². The predicted octanol–water partition coefficient (Wildman–Crippen LogP) is 3.30. The molecule has 0 spiro atoms. The molecule has 0 saturated heterocycles. The van der Waals surface area contributed by atoms with Crippen LogP contribution in [0.2, 0.25) is 0 Å². The lowest BCUT2D eigenvalue weighted by molar-refractivity contribution is -0.137. The normalized spacial score (nSPS) is 11.0. The fourth-order valence-corrected chi connectivity index (χ4v) is 3.65. The number of hydrogen-bond acceptors (Lipinski definition) is 4. The second-order valence-electron chi connectivity index (χ2n) is 5.32. The summed E-state index contributed by atoms with van der Waals surface area (Å²) in [6.45, 7) is 2.35. The van der Waals surface area contributed by atoms with Gasteiger partial charge in [0.15, 0.2) is 0 Å². The molecule has 0 fully saturated rings. The first kappa shape index (κ1) is 15.4. The topological polar surface area (TPSA) is 72.2 Å². The van der Waals surface area contributed by atoms with Gasteiger partial charge in [-0.05, 0) is 18.9 Å². The summed E-state index contributed by atoms with van der Waals surface area (Å²) in [5, 5.41) is 9.35. The van der Waals surface area contributed by atoms with Crippen molar-refractivity contribution in [3.63, 3.8) is 0 Å². The highest BCUT2D eigenvalue weighted by atomic mass is 32.1. The van der Waals surface area contributed by atoms with Crippen LogP contribution in [0.5, 0.6) is 0 Å². The SMILES string of the molecule is Cc1sc2ncn(CCCC(=O)O)c(=O)c2c1-c1ccccc1. The minimum absolute atomic E-state index is 0.0404. The van der Waals surface area contributed by atoms with Crippen molar-refractivity contribution in [3.05, 3.63) is 51.9 Å². The maximum Gasteiger partial charge on any atom is 0.303 e. The molecule has 6 heteroatoms. The summed E-state index contributed by atoms with van der Waals surface area (Å²) in [7, 11) is 0. The number of carboxylic acids is 1. The summed E-state index contributed by atoms with van der Waals surface area (Å²) in [5.74, 6) is -0.858. The van der Waals surface area contributed by atoms with E-state index in [9.17, 15) is 9.59 Å². The van der Waals surface area contributed by atoms with E-state index < -0.39 is 5.97 Å². The van der Waals surface area contributed by atoms with Gasteiger partial charge in [0.2, 0.25) is 0 Å². The van der Waals surface area contributed by atoms with Crippen LogP contribution in [0.1, 0.15) is 17.7 Å². The Labute approximate surface area is 136 Å². The van der Waals surface area contributed by atoms with Crippen LogP contribution in [0.25, 0.3) is 21.3 Å². The Morgan fingerprint density at radius 1 is 1.30 bits per heavy atom. The molecular formula is C17H16N2O3S. The molecule has 1 aromatic carbocycles. The number of hydrogen-bond donors (Lipinski definition) is 1. The molecule has 23 heavy (non-hydrogen) atoms. The minimum atomic E-state index is -0.858. The third-order valence-electron chi connectivity index (χ3n) is 3.71. The van der Waals surface area contributed by atoms with Crippen molar-refractivity contribution in [2.45, 2.75) is 26.3 Å². The average molecular weight is 328 g/mol. The molecule has 5 nitrogen and oxygen atoms in total. The monoisotopic (exact) mass is 328 g/mol. The summed E-state index contributed by atoms with van der Waals surface area (Å²) >= 11 is 1.51. The summed E-state index contributed by atoms with van der Waals surface area (Å²) < 4.78 is 1.50. The highest BCUT2D eigenvalue weighted by molar-refractivity contribution is 7.19. The summed E-state index contributed by atoms with van der Waals surface area (Å²) in [6.07, 6.45) is 1.96. The number of rotatable bonds is 5. The van der Waals surface area contributed by atoms with Gasteiger partial charge in [-0.15, -0.1) is 11.3 Å². The van der Waals surface area contributed by atoms with Crippen molar-refractivity contribution in [1.29, 1.82) is 0 Å². The average Bonchev–Trinajstić information content (AvgIpc) is 2.87. The first-order chi connectivity index (χ1) is 11.1. The number of carboxylic acid groups (broad SMARTS) is 1. The number of thiophene rings is 1. The third-order valence-corrected chi connectivity index (χ3v) is 4.72. The van der Waals surface area contributed by atoms with Gasteiger partial charge in [-0.1, -0.05) is 30.3 Å². The number of fused-ring (bicyclic) bond motifs is 1. The Balaban J connectivity index is 2.09. The molecule has 0 amide bonds. The molecule has 0 saturated carbocycles. The smallest absolute Gasteiger partial charge is 0.303 e. The Morgan fingerprint density at radius 2 is 2.04 bits per heavy atom. The van der Waals surface area contributed by atoms with Crippen molar-refractivity contribution >= 4 is 27.5 Å². The van der Waals surface area contributed by atoms with Crippen LogP contribution in [0.4, 0.5) is 0 Å². The Bertz CT molecular complexity index is 913. The van der Waals surface area contributed by atoms with Crippen LogP contribution in [0.15, 0.2) is 41.5 Å². The van der Waals surface area contributed by atoms with E-state index in [2.05, 4.69) is 4.98 Å². The van der Waals surface area contributed by atoms with E-state index in [0.29, 0.717) is 18.4 Å². The van der Waals surface area contributed by atoms with Crippen molar-refractivity contribution in [1.82, 2.24) is 9.55 Å². The molecule has 118 valence electrons. The van der Waals surface area contributed by atoms with E-state index in [1.807, 2.05) is 37.3 Å². The zero-order chi connectivity index (χ0) is 16.4. The molecule has 3 aromatic rings. The Kier molecular flexibility index (Phi) is 4.25. The molecule has 0 aliphatic carbocycles. The fourth-order valence-electron chi connectivity index (χ4n) is 2.65. The second kappa shape index (κ2) is 6.34. The quantitative estimate of drug-likeness (QED) is 0.780. The lowest BCUT2D eigenvalue weighted by atomic mass is 10.0. The van der Waals surface area contributed by atoms with Gasteiger partial charge in [-0.2, -0.15) is 0 Å². The molecule has 2 heterocycles. The number of aryl methyl sites for hydroxylation is 2. The van der Waals surface area contributed by atoms with E-state index in [4.69, 9.17) is 5.11 Å². The second-order valence-corrected chi connectivity index (χ2v) is 6.52. The van der Waals surface area contributed by atoms with Crippen LogP contribution in [-0.2, 0) is 11.3 Å². The molecule has 0 unspecified atom stereocenters. The number of nitrogens with zero attached hydrogens (tertiary/aromatic N) is 2. The summed E-state index contributed by atoms with van der Waals surface area (Å²) in [4.78, 5) is 29.6. The lowest BCUT2D eigenvalue weighted by Gasteiger charge is -2.05. The molecule has 0 aliphatic heterocycles. The third kappa shape index (κ3) is 3.03. The van der Waals surface area contributed by atoms with Crippen molar-refractivity contribution in [3.8, 4) is 11.1 Å². The summed E-state index contributed by atoms with van der Waals surface area (Å²) in [5.41, 5.74) is 1.82. The van der Waals surface area contributed by atoms with E-state index in [1.165, 1.54) is 22.2 Å². The maximum absolute atomic E-state index is 12.8. The predicted molar refractivity (Wildman–Crippen MR) is 90.9 cm³/mol. The van der Waals surface area contributed by atoms with E-state index in [0.717, 1.165) is 20.8 Å². The zero-order valence-electron chi connectivity index (χ0n) is 12.7. The highest BCUT2D eigenvalue weighted by Crippen LogP contribution is 2.35. The van der Waals surface area contributed by atoms with Crippen LogP contribution in [0.3, 0.4) is 0 Å². The standard InChI is InChI=1S/C17H16N2O3S/c1-11-14(12-6-3-2-4-7-12)15-16(23-11)18-10-19(17(15)22)9-5-8-13(20)21/h2-4,6-7,10H,5,8-9H2,1H3,(H,20,21). The fraction of sp³-hybridized carbons (Fsp3) is 0.235. The molecule has 0 radical (unpaired) electrons. The van der Waals surface area contributed by atoms with Crippen LogP contribution in [0, 0.1) is 6.92 Å².